The summed E-state index contributed by atoms with van der Waals surface area (Å²) in [5.74, 6) is -0.0364. The molecule has 6 heteroatoms. The van der Waals surface area contributed by atoms with Gasteiger partial charge in [0.1, 0.15) is 0 Å². The molecule has 3 N–H and O–H groups in total. The van der Waals surface area contributed by atoms with Gasteiger partial charge in [0, 0.05) is 12.8 Å². The standard InChI is InChI=1S/C74H145NO5/c1-3-5-7-9-11-13-15-17-18-19-33-36-39-43-46-50-54-58-62-66-72(77)71(70-76)75-73(78)67-63-59-55-51-47-44-40-37-34-31-29-27-25-23-21-20-22-24-26-28-30-32-35-38-41-45-49-53-57-61-65-69-80-74(79)68-64-60-56-52-48-42-16-14-12-10-8-6-4-2/h62,66,71-72,76-77H,3-61,63-65,67-70H2,1-2H3,(H,75,78)/b66-62+. The summed E-state index contributed by atoms with van der Waals surface area (Å²) in [6.45, 7) is 4.95. The molecule has 0 aliphatic heterocycles. The van der Waals surface area contributed by atoms with Crippen LogP contribution in [0.25, 0.3) is 0 Å². The largest absolute Gasteiger partial charge is 0.466 e. The van der Waals surface area contributed by atoms with Crippen molar-refractivity contribution in [3.63, 3.8) is 0 Å². The normalized spacial score (nSPS) is 12.5. The van der Waals surface area contributed by atoms with Crippen LogP contribution in [0.3, 0.4) is 0 Å². The van der Waals surface area contributed by atoms with Crippen molar-refractivity contribution in [1.29, 1.82) is 0 Å². The van der Waals surface area contributed by atoms with E-state index in [0.29, 0.717) is 19.4 Å². The van der Waals surface area contributed by atoms with Gasteiger partial charge in [-0.25, -0.2) is 0 Å². The zero-order chi connectivity index (χ0) is 57.8. The highest BCUT2D eigenvalue weighted by Crippen LogP contribution is 2.20. The molecular formula is C74H145NO5. The van der Waals surface area contributed by atoms with Crippen LogP contribution in [0.4, 0.5) is 0 Å². The van der Waals surface area contributed by atoms with Crippen molar-refractivity contribution in [2.45, 2.75) is 437 Å². The maximum atomic E-state index is 12.5. The molecule has 0 spiro atoms. The zero-order valence-corrected chi connectivity index (χ0v) is 54.6. The Balaban J connectivity index is 3.34. The maximum absolute atomic E-state index is 12.5. The van der Waals surface area contributed by atoms with Crippen LogP contribution in [0.2, 0.25) is 0 Å². The average molecular weight is 1130 g/mol. The summed E-state index contributed by atoms with van der Waals surface area (Å²) >= 11 is 0. The van der Waals surface area contributed by atoms with Crippen molar-refractivity contribution in [3.8, 4) is 0 Å². The number of nitrogens with one attached hydrogen (secondary N) is 1. The molecule has 6 nitrogen and oxygen atoms in total. The summed E-state index contributed by atoms with van der Waals surface area (Å²) in [6.07, 6.45) is 87.4. The zero-order valence-electron chi connectivity index (χ0n) is 54.6. The van der Waals surface area contributed by atoms with Gasteiger partial charge in [0.25, 0.3) is 0 Å². The van der Waals surface area contributed by atoms with Crippen molar-refractivity contribution in [3.05, 3.63) is 12.2 Å². The van der Waals surface area contributed by atoms with Gasteiger partial charge in [0.15, 0.2) is 0 Å². The maximum Gasteiger partial charge on any atom is 0.305 e. The average Bonchev–Trinajstić information content (AvgIpc) is 3.46. The van der Waals surface area contributed by atoms with Gasteiger partial charge in [-0.05, 0) is 32.1 Å². The van der Waals surface area contributed by atoms with Crippen LogP contribution in [0.15, 0.2) is 12.2 Å². The van der Waals surface area contributed by atoms with Gasteiger partial charge in [-0.15, -0.1) is 0 Å². The molecule has 0 heterocycles. The van der Waals surface area contributed by atoms with Crippen molar-refractivity contribution < 1.29 is 24.5 Å². The molecule has 0 aromatic heterocycles. The molecule has 0 aromatic rings. The summed E-state index contributed by atoms with van der Waals surface area (Å²) < 4.78 is 5.49. The lowest BCUT2D eigenvalue weighted by Gasteiger charge is -2.20. The lowest BCUT2D eigenvalue weighted by molar-refractivity contribution is -0.143. The topological polar surface area (TPSA) is 95.9 Å². The Morgan fingerprint density at radius 3 is 0.850 bits per heavy atom. The van der Waals surface area contributed by atoms with Gasteiger partial charge < -0.3 is 20.3 Å². The van der Waals surface area contributed by atoms with E-state index in [1.54, 1.807) is 6.08 Å². The van der Waals surface area contributed by atoms with E-state index in [-0.39, 0.29) is 18.5 Å². The Morgan fingerprint density at radius 2 is 0.575 bits per heavy atom. The number of hydrogen-bond acceptors (Lipinski definition) is 5. The first-order valence-electron chi connectivity index (χ1n) is 37.0. The summed E-state index contributed by atoms with van der Waals surface area (Å²) in [5.41, 5.74) is 0. The molecule has 476 valence electrons. The van der Waals surface area contributed by atoms with E-state index in [0.717, 1.165) is 38.5 Å². The number of aliphatic hydroxyl groups is 2. The van der Waals surface area contributed by atoms with Gasteiger partial charge in [-0.3, -0.25) is 9.59 Å². The summed E-state index contributed by atoms with van der Waals surface area (Å²) in [6, 6.07) is -0.624. The number of carbonyl (C=O) groups excluding carboxylic acids is 2. The molecule has 0 radical (unpaired) electrons. The van der Waals surface area contributed by atoms with E-state index in [1.807, 2.05) is 6.08 Å². The van der Waals surface area contributed by atoms with Crippen LogP contribution in [0.1, 0.15) is 425 Å². The Hall–Kier alpha value is -1.40. The number of carbonyl (C=O) groups is 2. The van der Waals surface area contributed by atoms with Crippen LogP contribution in [-0.4, -0.2) is 47.4 Å². The first kappa shape index (κ1) is 78.6. The van der Waals surface area contributed by atoms with E-state index in [1.165, 1.54) is 360 Å². The van der Waals surface area contributed by atoms with Crippen LogP contribution >= 0.6 is 0 Å². The first-order chi connectivity index (χ1) is 39.5. The Bertz CT molecular complexity index is 1210. The van der Waals surface area contributed by atoms with E-state index in [4.69, 9.17) is 4.74 Å². The highest BCUT2D eigenvalue weighted by Gasteiger charge is 2.18. The highest BCUT2D eigenvalue weighted by molar-refractivity contribution is 5.76. The lowest BCUT2D eigenvalue weighted by Crippen LogP contribution is -2.45. The van der Waals surface area contributed by atoms with E-state index >= 15 is 0 Å². The molecule has 0 aliphatic carbocycles. The second kappa shape index (κ2) is 70.1. The molecule has 0 rings (SSSR count). The van der Waals surface area contributed by atoms with E-state index in [2.05, 4.69) is 19.2 Å². The SMILES string of the molecule is CCCCCCCCCCCCCCCCCCC/C=C/C(O)C(CO)NC(=O)CCCCCCCCCCCCCCCCCCCCCCCCCCCCCCCCCOC(=O)CCCCCCCCCCCCCCC. The smallest absolute Gasteiger partial charge is 0.305 e. The monoisotopic (exact) mass is 1130 g/mol. The third kappa shape index (κ3) is 65.7. The van der Waals surface area contributed by atoms with Crippen LogP contribution in [0.5, 0.6) is 0 Å². The fourth-order valence-electron chi connectivity index (χ4n) is 11.9. The minimum absolute atomic E-state index is 0.0229. The number of esters is 1. The van der Waals surface area contributed by atoms with Crippen molar-refractivity contribution in [2.75, 3.05) is 13.2 Å². The second-order valence-electron chi connectivity index (χ2n) is 25.6. The van der Waals surface area contributed by atoms with E-state index in [9.17, 15) is 19.8 Å². The number of unbranched alkanes of at least 4 members (excludes halogenated alkanes) is 59. The molecule has 0 fully saturated rings. The fourth-order valence-corrected chi connectivity index (χ4v) is 11.9. The quantitative estimate of drug-likeness (QED) is 0.0320. The van der Waals surface area contributed by atoms with Crippen LogP contribution < -0.4 is 5.32 Å². The predicted molar refractivity (Wildman–Crippen MR) is 352 cm³/mol. The molecule has 1 amide bonds. The third-order valence-corrected chi connectivity index (χ3v) is 17.6. The minimum Gasteiger partial charge on any atom is -0.466 e. The molecule has 0 aromatic carbocycles. The van der Waals surface area contributed by atoms with Crippen molar-refractivity contribution in [1.82, 2.24) is 5.32 Å². The number of allylic oxidation sites excluding steroid dienone is 1. The molecule has 0 bridgehead atoms. The molecule has 0 aliphatic rings. The number of aliphatic hydroxyl groups excluding tert-OH is 2. The Kier molecular flexibility index (Phi) is 68.9. The first-order valence-corrected chi connectivity index (χ1v) is 37.0. The summed E-state index contributed by atoms with van der Waals surface area (Å²) in [5, 5.41) is 23.2. The molecule has 2 unspecified atom stereocenters. The molecule has 0 saturated carbocycles. The molecule has 0 saturated heterocycles. The Morgan fingerprint density at radius 1 is 0.338 bits per heavy atom. The fraction of sp³-hybridized carbons (Fsp3) is 0.946. The van der Waals surface area contributed by atoms with Crippen LogP contribution in [0, 0.1) is 0 Å². The number of hydrogen-bond donors (Lipinski definition) is 3. The van der Waals surface area contributed by atoms with Gasteiger partial charge in [-0.2, -0.15) is 0 Å². The highest BCUT2D eigenvalue weighted by atomic mass is 16.5. The number of rotatable bonds is 70. The van der Waals surface area contributed by atoms with Gasteiger partial charge in [0.05, 0.1) is 25.4 Å². The number of amides is 1. The molecule has 80 heavy (non-hydrogen) atoms. The summed E-state index contributed by atoms with van der Waals surface area (Å²) in [4.78, 5) is 24.6. The second-order valence-corrected chi connectivity index (χ2v) is 25.6. The van der Waals surface area contributed by atoms with Gasteiger partial charge in [0.2, 0.25) is 5.91 Å². The summed E-state index contributed by atoms with van der Waals surface area (Å²) in [7, 11) is 0. The number of ether oxygens (including phenoxy) is 1. The predicted octanol–water partition coefficient (Wildman–Crippen LogP) is 23.9. The Labute approximate surface area is 501 Å². The van der Waals surface area contributed by atoms with Crippen LogP contribution in [-0.2, 0) is 14.3 Å². The lowest BCUT2D eigenvalue weighted by atomic mass is 10.0. The minimum atomic E-state index is -0.841. The third-order valence-electron chi connectivity index (χ3n) is 17.6. The van der Waals surface area contributed by atoms with Crippen molar-refractivity contribution in [2.24, 2.45) is 0 Å². The molecular weight excluding hydrogens is 983 g/mol. The van der Waals surface area contributed by atoms with Crippen molar-refractivity contribution >= 4 is 11.9 Å². The van der Waals surface area contributed by atoms with Gasteiger partial charge in [-0.1, -0.05) is 392 Å². The van der Waals surface area contributed by atoms with E-state index < -0.39 is 12.1 Å². The van der Waals surface area contributed by atoms with Gasteiger partial charge >= 0.3 is 5.97 Å². The molecule has 2 atom stereocenters.